The van der Waals surface area contributed by atoms with E-state index in [2.05, 4.69) is 27.3 Å². The second kappa shape index (κ2) is 11.1. The van der Waals surface area contributed by atoms with Crippen molar-refractivity contribution in [2.45, 2.75) is 13.2 Å². The van der Waals surface area contributed by atoms with E-state index in [1.54, 1.807) is 24.3 Å². The molecule has 0 aliphatic rings. The molecule has 0 spiro atoms. The summed E-state index contributed by atoms with van der Waals surface area (Å²) in [6.07, 6.45) is 1.49. The number of thiophene rings is 1. The lowest BCUT2D eigenvalue weighted by molar-refractivity contribution is -0.117. The molecule has 0 radical (unpaired) electrons. The van der Waals surface area contributed by atoms with Gasteiger partial charge in [0.2, 0.25) is 0 Å². The van der Waals surface area contributed by atoms with Crippen LogP contribution in [-0.4, -0.2) is 13.0 Å². The number of carbonyl (C=O) groups excluding carboxylic acids is 1. The summed E-state index contributed by atoms with van der Waals surface area (Å²) in [6, 6.07) is 18.5. The molecule has 3 aromatic rings. The highest BCUT2D eigenvalue weighted by atomic mass is 79.9. The lowest BCUT2D eigenvalue weighted by Crippen LogP contribution is -2.23. The van der Waals surface area contributed by atoms with E-state index in [1.807, 2.05) is 35.7 Å². The van der Waals surface area contributed by atoms with Crippen LogP contribution in [-0.2, 0) is 17.9 Å². The molecule has 1 aromatic heterocycles. The van der Waals surface area contributed by atoms with Crippen molar-refractivity contribution in [3.05, 3.63) is 85.5 Å². The molecule has 3 rings (SSSR count). The Balaban J connectivity index is 1.79. The van der Waals surface area contributed by atoms with Crippen LogP contribution >= 0.6 is 27.3 Å². The fourth-order valence-corrected chi connectivity index (χ4v) is 3.91. The minimum atomic E-state index is -0.458. The van der Waals surface area contributed by atoms with E-state index in [4.69, 9.17) is 9.47 Å². The Labute approximate surface area is 198 Å². The first-order valence-corrected chi connectivity index (χ1v) is 11.1. The minimum absolute atomic E-state index is 0.0269. The summed E-state index contributed by atoms with van der Waals surface area (Å²) >= 11 is 5.00. The van der Waals surface area contributed by atoms with Gasteiger partial charge in [0.25, 0.3) is 5.91 Å². The lowest BCUT2D eigenvalue weighted by Gasteiger charge is -2.13. The number of halogens is 1. The number of hydrogen-bond acceptors (Lipinski definition) is 6. The van der Waals surface area contributed by atoms with E-state index in [1.165, 1.54) is 24.5 Å². The Morgan fingerprint density at radius 3 is 2.69 bits per heavy atom. The Kier molecular flexibility index (Phi) is 8.04. The molecule has 0 fully saturated rings. The summed E-state index contributed by atoms with van der Waals surface area (Å²) in [4.78, 5) is 13.4. The number of rotatable bonds is 8. The third kappa shape index (κ3) is 5.76. The van der Waals surface area contributed by atoms with Crippen molar-refractivity contribution in [2.75, 3.05) is 7.11 Å². The van der Waals surface area contributed by atoms with Crippen LogP contribution in [0.25, 0.3) is 6.08 Å². The second-order valence-electron chi connectivity index (χ2n) is 6.51. The first-order valence-electron chi connectivity index (χ1n) is 9.46. The molecule has 0 unspecified atom stereocenters. The molecule has 1 amide bonds. The Morgan fingerprint density at radius 1 is 1.19 bits per heavy atom. The van der Waals surface area contributed by atoms with Gasteiger partial charge in [0.15, 0.2) is 11.5 Å². The number of carbonyl (C=O) groups is 1. The van der Waals surface area contributed by atoms with Crippen molar-refractivity contribution in [3.8, 4) is 23.6 Å². The van der Waals surface area contributed by atoms with Crippen molar-refractivity contribution >= 4 is 39.2 Å². The first kappa shape index (κ1) is 23.1. The van der Waals surface area contributed by atoms with E-state index >= 15 is 0 Å². The summed E-state index contributed by atoms with van der Waals surface area (Å²) in [5, 5.41) is 23.4. The van der Waals surface area contributed by atoms with Gasteiger partial charge in [-0.3, -0.25) is 4.79 Å². The molecule has 0 atom stereocenters. The SMILES string of the molecule is COc1cc(/C=C(\C#N)C(=O)NCc2cccs2)c(Br)cc1OCc1ccccc1C#N. The van der Waals surface area contributed by atoms with Crippen molar-refractivity contribution < 1.29 is 14.3 Å². The highest BCUT2D eigenvalue weighted by Gasteiger charge is 2.14. The number of nitrogens with one attached hydrogen (secondary N) is 1. The van der Waals surface area contributed by atoms with Gasteiger partial charge in [0.05, 0.1) is 25.3 Å². The number of ether oxygens (including phenoxy) is 2. The van der Waals surface area contributed by atoms with Gasteiger partial charge in [-0.1, -0.05) is 40.2 Å². The normalized spacial score (nSPS) is 10.7. The van der Waals surface area contributed by atoms with Gasteiger partial charge < -0.3 is 14.8 Å². The van der Waals surface area contributed by atoms with Crippen molar-refractivity contribution in [1.82, 2.24) is 5.32 Å². The number of nitrogens with zero attached hydrogens (tertiary/aromatic N) is 2. The number of hydrogen-bond donors (Lipinski definition) is 1. The zero-order valence-corrected chi connectivity index (χ0v) is 19.5. The zero-order valence-electron chi connectivity index (χ0n) is 17.1. The van der Waals surface area contributed by atoms with Crippen molar-refractivity contribution in [1.29, 1.82) is 10.5 Å². The van der Waals surface area contributed by atoms with Crippen LogP contribution < -0.4 is 14.8 Å². The van der Waals surface area contributed by atoms with E-state index in [0.717, 1.165) is 10.4 Å². The van der Waals surface area contributed by atoms with Crippen LogP contribution in [0.15, 0.2) is 64.0 Å². The predicted molar refractivity (Wildman–Crippen MR) is 126 cm³/mol. The average Bonchev–Trinajstić information content (AvgIpc) is 3.34. The first-order chi connectivity index (χ1) is 15.5. The van der Waals surface area contributed by atoms with E-state index < -0.39 is 5.91 Å². The molecule has 0 saturated heterocycles. The molecule has 0 aliphatic heterocycles. The maximum atomic E-state index is 12.4. The Bertz CT molecular complexity index is 1220. The summed E-state index contributed by atoms with van der Waals surface area (Å²) in [7, 11) is 1.51. The lowest BCUT2D eigenvalue weighted by atomic mass is 10.1. The quantitative estimate of drug-likeness (QED) is 0.334. The van der Waals surface area contributed by atoms with Crippen LogP contribution in [0.1, 0.15) is 21.6 Å². The molecular weight excluding hydrogens is 490 g/mol. The molecule has 1 heterocycles. The molecule has 160 valence electrons. The number of amides is 1. The van der Waals surface area contributed by atoms with Gasteiger partial charge >= 0.3 is 0 Å². The van der Waals surface area contributed by atoms with Gasteiger partial charge in [-0.25, -0.2) is 0 Å². The molecule has 32 heavy (non-hydrogen) atoms. The second-order valence-corrected chi connectivity index (χ2v) is 8.40. The molecule has 2 aromatic carbocycles. The molecular formula is C24H18BrN3O3S. The number of nitriles is 2. The topological polar surface area (TPSA) is 95.1 Å². The minimum Gasteiger partial charge on any atom is -0.493 e. The molecule has 0 saturated carbocycles. The predicted octanol–water partition coefficient (Wildman–Crippen LogP) is 5.19. The fraction of sp³-hybridized carbons (Fsp3) is 0.125. The molecule has 0 bridgehead atoms. The maximum Gasteiger partial charge on any atom is 0.262 e. The summed E-state index contributed by atoms with van der Waals surface area (Å²) in [5.74, 6) is 0.440. The van der Waals surface area contributed by atoms with Gasteiger partial charge in [-0.05, 0) is 41.3 Å². The zero-order chi connectivity index (χ0) is 22.9. The smallest absolute Gasteiger partial charge is 0.262 e. The van der Waals surface area contributed by atoms with Crippen LogP contribution in [0.5, 0.6) is 11.5 Å². The van der Waals surface area contributed by atoms with E-state index in [0.29, 0.717) is 33.6 Å². The largest absolute Gasteiger partial charge is 0.493 e. The van der Waals surface area contributed by atoms with Crippen LogP contribution in [0.2, 0.25) is 0 Å². The Hall–Kier alpha value is -3.59. The maximum absolute atomic E-state index is 12.4. The molecule has 0 aliphatic carbocycles. The van der Waals surface area contributed by atoms with Crippen LogP contribution in [0.4, 0.5) is 0 Å². The third-order valence-corrected chi connectivity index (χ3v) is 6.04. The summed E-state index contributed by atoms with van der Waals surface area (Å²) in [6.45, 7) is 0.549. The highest BCUT2D eigenvalue weighted by molar-refractivity contribution is 9.10. The molecule has 8 heteroatoms. The van der Waals surface area contributed by atoms with Crippen LogP contribution in [0, 0.1) is 22.7 Å². The third-order valence-electron chi connectivity index (χ3n) is 4.47. The Morgan fingerprint density at radius 2 is 2.00 bits per heavy atom. The number of benzene rings is 2. The van der Waals surface area contributed by atoms with Crippen LogP contribution in [0.3, 0.4) is 0 Å². The standard InChI is InChI=1S/C24H18BrN3O3S/c1-30-22-10-18(9-19(13-27)24(29)28-14-20-7-4-8-32-20)21(25)11-23(22)31-15-17-6-3-2-5-16(17)12-26/h2-11H,14-15H2,1H3,(H,28,29)/b19-9+. The van der Waals surface area contributed by atoms with Gasteiger partial charge in [-0.15, -0.1) is 11.3 Å². The van der Waals surface area contributed by atoms with E-state index in [9.17, 15) is 15.3 Å². The summed E-state index contributed by atoms with van der Waals surface area (Å²) < 4.78 is 11.9. The monoisotopic (exact) mass is 507 g/mol. The average molecular weight is 508 g/mol. The van der Waals surface area contributed by atoms with Gasteiger partial charge in [-0.2, -0.15) is 10.5 Å². The van der Waals surface area contributed by atoms with Crippen molar-refractivity contribution in [2.24, 2.45) is 0 Å². The highest BCUT2D eigenvalue weighted by Crippen LogP contribution is 2.35. The molecule has 1 N–H and O–H groups in total. The summed E-state index contributed by atoms with van der Waals surface area (Å²) in [5.41, 5.74) is 1.86. The van der Waals surface area contributed by atoms with Gasteiger partial charge in [0.1, 0.15) is 18.2 Å². The van der Waals surface area contributed by atoms with E-state index in [-0.39, 0.29) is 12.2 Å². The number of methoxy groups -OCH3 is 1. The van der Waals surface area contributed by atoms with Crippen molar-refractivity contribution in [3.63, 3.8) is 0 Å². The molecule has 6 nitrogen and oxygen atoms in total. The van der Waals surface area contributed by atoms with Gasteiger partial charge in [0, 0.05) is 14.9 Å². The fourth-order valence-electron chi connectivity index (χ4n) is 2.82.